The number of aromatic nitrogens is 1. The zero-order valence-corrected chi connectivity index (χ0v) is 9.92. The van der Waals surface area contributed by atoms with E-state index in [0.717, 1.165) is 24.3 Å². The first kappa shape index (κ1) is 12.1. The van der Waals surface area contributed by atoms with E-state index in [0.29, 0.717) is 6.04 Å². The van der Waals surface area contributed by atoms with E-state index in [4.69, 9.17) is 0 Å². The van der Waals surface area contributed by atoms with Gasteiger partial charge in [-0.2, -0.15) is 0 Å². The zero-order chi connectivity index (χ0) is 11.4. The number of nitrogens with zero attached hydrogens (tertiary/aromatic N) is 2. The third-order valence-electron chi connectivity index (χ3n) is 2.48. The highest BCUT2D eigenvalue weighted by atomic mass is 19.1. The van der Waals surface area contributed by atoms with Crippen molar-refractivity contribution in [3.8, 4) is 0 Å². The third-order valence-corrected chi connectivity index (χ3v) is 2.48. The SMILES string of the molecule is CC.CC(C)N1Cc2cc(F)cnc2C1. The van der Waals surface area contributed by atoms with Gasteiger partial charge in [0.1, 0.15) is 5.82 Å². The van der Waals surface area contributed by atoms with Gasteiger partial charge in [-0.3, -0.25) is 9.88 Å². The van der Waals surface area contributed by atoms with Gasteiger partial charge in [0, 0.05) is 19.1 Å². The van der Waals surface area contributed by atoms with Crippen LogP contribution in [0, 0.1) is 5.82 Å². The monoisotopic (exact) mass is 210 g/mol. The summed E-state index contributed by atoms with van der Waals surface area (Å²) in [6.07, 6.45) is 1.29. The van der Waals surface area contributed by atoms with Crippen molar-refractivity contribution in [3.63, 3.8) is 0 Å². The van der Waals surface area contributed by atoms with Crippen LogP contribution in [0.2, 0.25) is 0 Å². The molecule has 1 aliphatic rings. The Morgan fingerprint density at radius 2 is 2.00 bits per heavy atom. The van der Waals surface area contributed by atoms with E-state index in [1.807, 2.05) is 13.8 Å². The van der Waals surface area contributed by atoms with Crippen LogP contribution >= 0.6 is 0 Å². The Labute approximate surface area is 91.1 Å². The number of rotatable bonds is 1. The molecule has 2 rings (SSSR count). The van der Waals surface area contributed by atoms with Gasteiger partial charge in [0.15, 0.2) is 0 Å². The highest BCUT2D eigenvalue weighted by Crippen LogP contribution is 2.22. The quantitative estimate of drug-likeness (QED) is 0.708. The topological polar surface area (TPSA) is 16.1 Å². The van der Waals surface area contributed by atoms with Crippen molar-refractivity contribution in [2.45, 2.75) is 46.8 Å². The molecule has 0 aromatic carbocycles. The molecule has 2 heterocycles. The Morgan fingerprint density at radius 3 is 2.60 bits per heavy atom. The number of hydrogen-bond donors (Lipinski definition) is 0. The highest BCUT2D eigenvalue weighted by Gasteiger charge is 2.22. The smallest absolute Gasteiger partial charge is 0.141 e. The van der Waals surface area contributed by atoms with Crippen molar-refractivity contribution in [2.75, 3.05) is 0 Å². The maximum Gasteiger partial charge on any atom is 0.141 e. The molecule has 1 aromatic rings. The molecule has 0 saturated heterocycles. The summed E-state index contributed by atoms with van der Waals surface area (Å²) in [5.74, 6) is -0.232. The molecule has 0 bridgehead atoms. The zero-order valence-electron chi connectivity index (χ0n) is 9.92. The van der Waals surface area contributed by atoms with Crippen LogP contribution in [0.1, 0.15) is 39.0 Å². The van der Waals surface area contributed by atoms with E-state index in [1.165, 1.54) is 6.20 Å². The number of hydrogen-bond acceptors (Lipinski definition) is 2. The maximum atomic E-state index is 12.8. The van der Waals surface area contributed by atoms with E-state index in [-0.39, 0.29) is 5.82 Å². The lowest BCUT2D eigenvalue weighted by Crippen LogP contribution is -2.24. The Morgan fingerprint density at radius 1 is 1.33 bits per heavy atom. The maximum absolute atomic E-state index is 12.8. The van der Waals surface area contributed by atoms with Crippen LogP contribution < -0.4 is 0 Å². The summed E-state index contributed by atoms with van der Waals surface area (Å²) < 4.78 is 12.8. The minimum Gasteiger partial charge on any atom is -0.291 e. The average Bonchev–Trinajstić information content (AvgIpc) is 2.63. The fourth-order valence-electron chi connectivity index (χ4n) is 1.62. The predicted molar refractivity (Wildman–Crippen MR) is 59.9 cm³/mol. The predicted octanol–water partition coefficient (Wildman–Crippen LogP) is 2.97. The molecular weight excluding hydrogens is 191 g/mol. The van der Waals surface area contributed by atoms with Gasteiger partial charge in [-0.15, -0.1) is 0 Å². The first-order chi connectivity index (χ1) is 7.16. The van der Waals surface area contributed by atoms with Crippen LogP contribution in [0.4, 0.5) is 4.39 Å². The van der Waals surface area contributed by atoms with E-state index in [9.17, 15) is 4.39 Å². The van der Waals surface area contributed by atoms with Crippen LogP contribution in [0.25, 0.3) is 0 Å². The molecule has 15 heavy (non-hydrogen) atoms. The average molecular weight is 210 g/mol. The van der Waals surface area contributed by atoms with Gasteiger partial charge in [-0.25, -0.2) is 4.39 Å². The molecule has 0 saturated carbocycles. The second kappa shape index (κ2) is 5.21. The summed E-state index contributed by atoms with van der Waals surface area (Å²) in [6.45, 7) is 9.97. The van der Waals surface area contributed by atoms with Crippen molar-refractivity contribution in [1.82, 2.24) is 9.88 Å². The lowest BCUT2D eigenvalue weighted by molar-refractivity contribution is 0.226. The molecule has 0 aliphatic carbocycles. The molecular formula is C12H19FN2. The fraction of sp³-hybridized carbons (Fsp3) is 0.583. The summed E-state index contributed by atoms with van der Waals surface area (Å²) in [5.41, 5.74) is 2.06. The van der Waals surface area contributed by atoms with Gasteiger partial charge in [0.05, 0.1) is 11.9 Å². The van der Waals surface area contributed by atoms with Crippen molar-refractivity contribution >= 4 is 0 Å². The normalized spacial score (nSPS) is 14.8. The largest absolute Gasteiger partial charge is 0.291 e. The molecule has 1 aromatic heterocycles. The molecule has 0 N–H and O–H groups in total. The highest BCUT2D eigenvalue weighted by molar-refractivity contribution is 5.24. The van der Waals surface area contributed by atoms with Gasteiger partial charge in [-0.05, 0) is 25.5 Å². The number of halogens is 1. The van der Waals surface area contributed by atoms with E-state index < -0.39 is 0 Å². The lowest BCUT2D eigenvalue weighted by atomic mass is 10.2. The lowest BCUT2D eigenvalue weighted by Gasteiger charge is -2.18. The van der Waals surface area contributed by atoms with Crippen LogP contribution in [0.3, 0.4) is 0 Å². The van der Waals surface area contributed by atoms with Crippen LogP contribution in [-0.4, -0.2) is 15.9 Å². The molecule has 0 atom stereocenters. The van der Waals surface area contributed by atoms with E-state index in [1.54, 1.807) is 6.07 Å². The van der Waals surface area contributed by atoms with Gasteiger partial charge in [0.25, 0.3) is 0 Å². The van der Waals surface area contributed by atoms with E-state index >= 15 is 0 Å². The van der Waals surface area contributed by atoms with Crippen molar-refractivity contribution in [1.29, 1.82) is 0 Å². The third kappa shape index (κ3) is 2.75. The van der Waals surface area contributed by atoms with Gasteiger partial charge < -0.3 is 0 Å². The second-order valence-electron chi connectivity index (χ2n) is 3.76. The Bertz CT molecular complexity index is 323. The van der Waals surface area contributed by atoms with Crippen LogP contribution in [-0.2, 0) is 13.1 Å². The number of fused-ring (bicyclic) bond motifs is 1. The number of pyridine rings is 1. The molecule has 0 amide bonds. The fourth-order valence-corrected chi connectivity index (χ4v) is 1.62. The summed E-state index contributed by atoms with van der Waals surface area (Å²) in [6, 6.07) is 2.09. The molecule has 1 aliphatic heterocycles. The van der Waals surface area contributed by atoms with Crippen molar-refractivity contribution in [3.05, 3.63) is 29.3 Å². The molecule has 2 nitrogen and oxygen atoms in total. The van der Waals surface area contributed by atoms with Crippen LogP contribution in [0.15, 0.2) is 12.3 Å². The van der Waals surface area contributed by atoms with E-state index in [2.05, 4.69) is 23.7 Å². The standard InChI is InChI=1S/C10H13FN2.C2H6/c1-7(2)13-5-8-3-9(11)4-12-10(8)6-13;1-2/h3-4,7H,5-6H2,1-2H3;1-2H3. The molecule has 3 heteroatoms. The molecule has 0 fully saturated rings. The minimum absolute atomic E-state index is 0.232. The Kier molecular flexibility index (Phi) is 4.21. The minimum atomic E-state index is -0.232. The summed E-state index contributed by atoms with van der Waals surface area (Å²) >= 11 is 0. The summed E-state index contributed by atoms with van der Waals surface area (Å²) in [7, 11) is 0. The first-order valence-electron chi connectivity index (χ1n) is 5.54. The first-order valence-corrected chi connectivity index (χ1v) is 5.54. The van der Waals surface area contributed by atoms with Gasteiger partial charge in [0.2, 0.25) is 0 Å². The van der Waals surface area contributed by atoms with Crippen LogP contribution in [0.5, 0.6) is 0 Å². The van der Waals surface area contributed by atoms with Crippen molar-refractivity contribution in [2.24, 2.45) is 0 Å². The Balaban J connectivity index is 0.000000531. The Hall–Kier alpha value is -0.960. The van der Waals surface area contributed by atoms with Crippen molar-refractivity contribution < 1.29 is 4.39 Å². The van der Waals surface area contributed by atoms with Gasteiger partial charge in [-0.1, -0.05) is 13.8 Å². The van der Waals surface area contributed by atoms with Gasteiger partial charge >= 0.3 is 0 Å². The molecule has 0 unspecified atom stereocenters. The summed E-state index contributed by atoms with van der Waals surface area (Å²) in [4.78, 5) is 6.35. The summed E-state index contributed by atoms with van der Waals surface area (Å²) in [5, 5.41) is 0. The second-order valence-corrected chi connectivity index (χ2v) is 3.76. The molecule has 0 radical (unpaired) electrons. The molecule has 0 spiro atoms. The molecule has 84 valence electrons.